The highest BCUT2D eigenvalue weighted by Crippen LogP contribution is 2.09. The van der Waals surface area contributed by atoms with Gasteiger partial charge in [-0.2, -0.15) is 0 Å². The van der Waals surface area contributed by atoms with Gasteiger partial charge in [0.2, 0.25) is 0 Å². The third-order valence-electron chi connectivity index (χ3n) is 5.67. The molecule has 0 saturated carbocycles. The van der Waals surface area contributed by atoms with Crippen LogP contribution in [0.25, 0.3) is 0 Å². The summed E-state index contributed by atoms with van der Waals surface area (Å²) in [7, 11) is 0. The molecule has 0 amide bonds. The summed E-state index contributed by atoms with van der Waals surface area (Å²) in [6, 6.07) is 0. The molecule has 0 aromatic rings. The minimum absolute atomic E-state index is 0.173. The number of ether oxygens (including phenoxy) is 2. The zero-order valence-corrected chi connectivity index (χ0v) is 24.2. The van der Waals surface area contributed by atoms with E-state index in [0.717, 1.165) is 25.7 Å². The molecule has 0 N–H and O–H groups in total. The van der Waals surface area contributed by atoms with Crippen LogP contribution in [0.5, 0.6) is 0 Å². The molecule has 0 aromatic heterocycles. The Morgan fingerprint density at radius 3 is 1.47 bits per heavy atom. The van der Waals surface area contributed by atoms with Crippen LogP contribution in [0.2, 0.25) is 0 Å². The third-order valence-corrected chi connectivity index (χ3v) is 5.67. The van der Waals surface area contributed by atoms with Gasteiger partial charge in [0.15, 0.2) is 0 Å². The Balaban J connectivity index is 0. The Bertz CT molecular complexity index is 548. The predicted octanol–water partition coefficient (Wildman–Crippen LogP) is 10.2. The number of hydrogen-bond donors (Lipinski definition) is 0. The molecule has 0 aliphatic heterocycles. The van der Waals surface area contributed by atoms with Gasteiger partial charge in [-0.1, -0.05) is 95.9 Å². The van der Waals surface area contributed by atoms with Crippen molar-refractivity contribution >= 4 is 11.9 Å². The molecule has 0 fully saturated rings. The van der Waals surface area contributed by atoms with Gasteiger partial charge in [0.05, 0.1) is 12.9 Å². The van der Waals surface area contributed by atoms with E-state index in [9.17, 15) is 9.59 Å². The molecule has 0 aromatic carbocycles. The summed E-state index contributed by atoms with van der Waals surface area (Å²) in [5.74, 6) is -0.416. The summed E-state index contributed by atoms with van der Waals surface area (Å²) in [6.07, 6.45) is 36.3. The number of esters is 2. The number of carbonyl (C=O) groups excluding carboxylic acids is 2. The lowest BCUT2D eigenvalue weighted by atomic mass is 10.1. The third kappa shape index (κ3) is 39.4. The van der Waals surface area contributed by atoms with E-state index in [0.29, 0.717) is 6.61 Å². The molecule has 0 aliphatic rings. The minimum Gasteiger partial charge on any atom is -0.466 e. The Kier molecular flexibility index (Phi) is 33.5. The molecule has 36 heavy (non-hydrogen) atoms. The van der Waals surface area contributed by atoms with Crippen molar-refractivity contribution in [3.63, 3.8) is 0 Å². The fourth-order valence-electron chi connectivity index (χ4n) is 3.51. The predicted molar refractivity (Wildman–Crippen MR) is 155 cm³/mol. The molecule has 0 radical (unpaired) electrons. The van der Waals surface area contributed by atoms with E-state index in [1.807, 2.05) is 6.08 Å². The largest absolute Gasteiger partial charge is 0.466 e. The first-order valence-corrected chi connectivity index (χ1v) is 14.8. The van der Waals surface area contributed by atoms with Crippen LogP contribution >= 0.6 is 0 Å². The lowest BCUT2D eigenvalue weighted by molar-refractivity contribution is -0.141. The zero-order chi connectivity index (χ0) is 27.0. The Morgan fingerprint density at radius 2 is 0.944 bits per heavy atom. The number of carbonyl (C=O) groups is 2. The molecule has 0 heterocycles. The molecular formula is C32H58O4. The number of allylic oxidation sites excluding steroid dienone is 5. The summed E-state index contributed by atoms with van der Waals surface area (Å²) in [5, 5.41) is 0. The van der Waals surface area contributed by atoms with Gasteiger partial charge in [0.25, 0.3) is 0 Å². The summed E-state index contributed by atoms with van der Waals surface area (Å²) in [6.45, 7) is 7.93. The van der Waals surface area contributed by atoms with Crippen molar-refractivity contribution in [2.24, 2.45) is 0 Å². The van der Waals surface area contributed by atoms with Crippen LogP contribution in [-0.2, 0) is 19.1 Å². The van der Waals surface area contributed by atoms with Crippen molar-refractivity contribution < 1.29 is 19.1 Å². The molecule has 0 atom stereocenters. The second-order valence-electron chi connectivity index (χ2n) is 9.45. The first kappa shape index (κ1) is 36.3. The normalized spacial score (nSPS) is 11.2. The molecule has 0 bridgehead atoms. The van der Waals surface area contributed by atoms with Gasteiger partial charge in [-0.15, -0.1) is 0 Å². The molecule has 4 heteroatoms. The van der Waals surface area contributed by atoms with E-state index in [4.69, 9.17) is 9.47 Å². The standard InChI is InChI=1S/C18H32O2.C14H26O2/c1-3-4-5-6-7-8-9-10-11-12-13-14-15-16-17-20-18(2)19;1-3-4-5-6-7-8-9-10-11-12-13-16-14(2)15/h6-7,11-12H,3-5,8-10,13-17H2,1-2H3;12-13H,3-11H2,1-2H3/b7-6-,12-11+;. The van der Waals surface area contributed by atoms with Gasteiger partial charge in [-0.3, -0.25) is 9.59 Å². The monoisotopic (exact) mass is 506 g/mol. The van der Waals surface area contributed by atoms with E-state index in [1.165, 1.54) is 116 Å². The van der Waals surface area contributed by atoms with Crippen molar-refractivity contribution in [3.8, 4) is 0 Å². The minimum atomic E-state index is -0.243. The summed E-state index contributed by atoms with van der Waals surface area (Å²) < 4.78 is 9.58. The fraction of sp³-hybridized carbons (Fsp3) is 0.750. The van der Waals surface area contributed by atoms with Crippen molar-refractivity contribution in [1.82, 2.24) is 0 Å². The van der Waals surface area contributed by atoms with E-state index in [1.54, 1.807) is 0 Å². The van der Waals surface area contributed by atoms with Crippen LogP contribution < -0.4 is 0 Å². The van der Waals surface area contributed by atoms with Crippen LogP contribution in [0.15, 0.2) is 36.6 Å². The highest BCUT2D eigenvalue weighted by molar-refractivity contribution is 5.66. The van der Waals surface area contributed by atoms with Crippen LogP contribution in [0.1, 0.15) is 150 Å². The van der Waals surface area contributed by atoms with Gasteiger partial charge < -0.3 is 9.47 Å². The molecule has 0 unspecified atom stereocenters. The summed E-state index contributed by atoms with van der Waals surface area (Å²) >= 11 is 0. The smallest absolute Gasteiger partial charge is 0.307 e. The average molecular weight is 507 g/mol. The molecule has 0 aliphatic carbocycles. The maximum absolute atomic E-state index is 10.5. The Labute approximate surface area is 224 Å². The van der Waals surface area contributed by atoms with Crippen LogP contribution in [0.4, 0.5) is 0 Å². The molecule has 0 rings (SSSR count). The first-order chi connectivity index (χ1) is 17.5. The summed E-state index contributed by atoms with van der Waals surface area (Å²) in [4.78, 5) is 21.0. The molecule has 210 valence electrons. The number of rotatable bonds is 23. The van der Waals surface area contributed by atoms with E-state index in [-0.39, 0.29) is 11.9 Å². The molecule has 4 nitrogen and oxygen atoms in total. The maximum Gasteiger partial charge on any atom is 0.307 e. The van der Waals surface area contributed by atoms with E-state index in [2.05, 4.69) is 38.2 Å². The van der Waals surface area contributed by atoms with Gasteiger partial charge in [-0.05, 0) is 70.3 Å². The van der Waals surface area contributed by atoms with Crippen LogP contribution in [0, 0.1) is 0 Å². The second kappa shape index (κ2) is 33.2. The van der Waals surface area contributed by atoms with Gasteiger partial charge in [0.1, 0.15) is 0 Å². The highest BCUT2D eigenvalue weighted by Gasteiger charge is 1.93. The zero-order valence-electron chi connectivity index (χ0n) is 24.2. The first-order valence-electron chi connectivity index (χ1n) is 14.8. The average Bonchev–Trinajstić information content (AvgIpc) is 2.85. The number of unbranched alkanes of at least 4 members (excludes halogenated alkanes) is 15. The molecular weight excluding hydrogens is 448 g/mol. The van der Waals surface area contributed by atoms with E-state index >= 15 is 0 Å². The van der Waals surface area contributed by atoms with Gasteiger partial charge in [-0.25, -0.2) is 0 Å². The SMILES string of the molecule is CCCC/C=C\CCC/C=C/CCCCCOC(C)=O.CCCCCCCCCCC=COC(C)=O. The van der Waals surface area contributed by atoms with Crippen molar-refractivity contribution in [1.29, 1.82) is 0 Å². The quantitative estimate of drug-likeness (QED) is 0.0598. The van der Waals surface area contributed by atoms with Crippen molar-refractivity contribution in [2.75, 3.05) is 6.61 Å². The van der Waals surface area contributed by atoms with Crippen molar-refractivity contribution in [2.45, 2.75) is 150 Å². The molecule has 0 saturated heterocycles. The second-order valence-corrected chi connectivity index (χ2v) is 9.45. The van der Waals surface area contributed by atoms with Crippen molar-refractivity contribution in [3.05, 3.63) is 36.6 Å². The number of hydrogen-bond acceptors (Lipinski definition) is 4. The van der Waals surface area contributed by atoms with Crippen LogP contribution in [0.3, 0.4) is 0 Å². The van der Waals surface area contributed by atoms with Crippen LogP contribution in [-0.4, -0.2) is 18.5 Å². The molecule has 0 spiro atoms. The lowest BCUT2D eigenvalue weighted by Crippen LogP contribution is -1.99. The lowest BCUT2D eigenvalue weighted by Gasteiger charge is -2.00. The maximum atomic E-state index is 10.5. The Hall–Kier alpha value is -1.84. The summed E-state index contributed by atoms with van der Waals surface area (Å²) in [5.41, 5.74) is 0. The highest BCUT2D eigenvalue weighted by atomic mass is 16.5. The van der Waals surface area contributed by atoms with Gasteiger partial charge in [0, 0.05) is 13.8 Å². The Morgan fingerprint density at radius 1 is 0.500 bits per heavy atom. The topological polar surface area (TPSA) is 52.6 Å². The fourth-order valence-corrected chi connectivity index (χ4v) is 3.51. The van der Waals surface area contributed by atoms with E-state index < -0.39 is 0 Å². The van der Waals surface area contributed by atoms with Gasteiger partial charge >= 0.3 is 11.9 Å².